The second-order valence-electron chi connectivity index (χ2n) is 5.55. The van der Waals surface area contributed by atoms with Gasteiger partial charge in [-0.15, -0.1) is 0 Å². The highest BCUT2D eigenvalue weighted by molar-refractivity contribution is 9.10. The standard InChI is InChI=1S/C15H22BrNO3S/c1-12-9-13(11-18)10-14(15(12)16)21(19,20)17-7-5-3-2-4-6-8-17/h9-10,18H,2-8,11H2,1H3. The Morgan fingerprint density at radius 1 is 1.14 bits per heavy atom. The van der Waals surface area contributed by atoms with Gasteiger partial charge >= 0.3 is 0 Å². The van der Waals surface area contributed by atoms with Crippen LogP contribution in [0.3, 0.4) is 0 Å². The van der Waals surface area contributed by atoms with Crippen LogP contribution in [0.15, 0.2) is 21.5 Å². The quantitative estimate of drug-likeness (QED) is 0.882. The Morgan fingerprint density at radius 2 is 1.71 bits per heavy atom. The zero-order chi connectivity index (χ0) is 15.5. The van der Waals surface area contributed by atoms with Crippen LogP contribution < -0.4 is 0 Å². The van der Waals surface area contributed by atoms with Crippen LogP contribution in [0.1, 0.15) is 43.2 Å². The predicted octanol–water partition coefficient (Wildman–Crippen LogP) is 3.20. The summed E-state index contributed by atoms with van der Waals surface area (Å²) in [5, 5.41) is 9.31. The number of aliphatic hydroxyl groups is 1. The van der Waals surface area contributed by atoms with E-state index < -0.39 is 10.0 Å². The second kappa shape index (κ2) is 7.22. The smallest absolute Gasteiger partial charge is 0.244 e. The van der Waals surface area contributed by atoms with E-state index in [9.17, 15) is 13.5 Å². The number of nitrogens with zero attached hydrogens (tertiary/aromatic N) is 1. The molecule has 0 bridgehead atoms. The van der Waals surface area contributed by atoms with Crippen LogP contribution in [-0.2, 0) is 16.6 Å². The molecule has 21 heavy (non-hydrogen) atoms. The molecule has 1 N–H and O–H groups in total. The van der Waals surface area contributed by atoms with Gasteiger partial charge in [0.1, 0.15) is 0 Å². The number of benzene rings is 1. The Labute approximate surface area is 135 Å². The van der Waals surface area contributed by atoms with Gasteiger partial charge in [0.2, 0.25) is 10.0 Å². The van der Waals surface area contributed by atoms with Crippen LogP contribution in [0.25, 0.3) is 0 Å². The minimum absolute atomic E-state index is 0.156. The van der Waals surface area contributed by atoms with E-state index in [1.165, 1.54) is 6.42 Å². The summed E-state index contributed by atoms with van der Waals surface area (Å²) in [6.07, 6.45) is 5.19. The molecule has 1 fully saturated rings. The summed E-state index contributed by atoms with van der Waals surface area (Å²) in [5.41, 5.74) is 1.45. The zero-order valence-corrected chi connectivity index (χ0v) is 14.7. The van der Waals surface area contributed by atoms with E-state index in [2.05, 4.69) is 15.9 Å². The lowest BCUT2D eigenvalue weighted by Gasteiger charge is -2.25. The lowest BCUT2D eigenvalue weighted by atomic mass is 10.1. The van der Waals surface area contributed by atoms with Crippen molar-refractivity contribution in [3.8, 4) is 0 Å². The van der Waals surface area contributed by atoms with E-state index in [1.54, 1.807) is 16.4 Å². The number of rotatable bonds is 3. The fourth-order valence-electron chi connectivity index (χ4n) is 2.69. The summed E-state index contributed by atoms with van der Waals surface area (Å²) < 4.78 is 28.0. The highest BCUT2D eigenvalue weighted by Crippen LogP contribution is 2.30. The molecule has 1 aliphatic heterocycles. The SMILES string of the molecule is Cc1cc(CO)cc(S(=O)(=O)N2CCCCCCC2)c1Br. The van der Waals surface area contributed by atoms with Gasteiger partial charge in [0.15, 0.2) is 0 Å². The molecule has 0 aromatic heterocycles. The van der Waals surface area contributed by atoms with Gasteiger partial charge in [-0.1, -0.05) is 25.3 Å². The van der Waals surface area contributed by atoms with E-state index >= 15 is 0 Å². The summed E-state index contributed by atoms with van der Waals surface area (Å²) in [5.74, 6) is 0. The van der Waals surface area contributed by atoms with E-state index in [1.807, 2.05) is 6.92 Å². The lowest BCUT2D eigenvalue weighted by Crippen LogP contribution is -2.34. The molecule has 0 atom stereocenters. The number of halogens is 1. The molecular formula is C15H22BrNO3S. The van der Waals surface area contributed by atoms with Crippen LogP contribution >= 0.6 is 15.9 Å². The average Bonchev–Trinajstić information content (AvgIpc) is 2.40. The van der Waals surface area contributed by atoms with Crippen molar-refractivity contribution in [2.24, 2.45) is 0 Å². The van der Waals surface area contributed by atoms with Gasteiger partial charge in [0.05, 0.1) is 11.5 Å². The lowest BCUT2D eigenvalue weighted by molar-refractivity contribution is 0.281. The molecule has 6 heteroatoms. The van der Waals surface area contributed by atoms with Gasteiger partial charge in [-0.25, -0.2) is 8.42 Å². The van der Waals surface area contributed by atoms with Crippen molar-refractivity contribution < 1.29 is 13.5 Å². The van der Waals surface area contributed by atoms with Crippen molar-refractivity contribution in [2.75, 3.05) is 13.1 Å². The molecule has 0 unspecified atom stereocenters. The van der Waals surface area contributed by atoms with E-state index in [0.717, 1.165) is 31.2 Å². The maximum atomic E-state index is 12.9. The maximum Gasteiger partial charge on any atom is 0.244 e. The van der Waals surface area contributed by atoms with Crippen molar-refractivity contribution >= 4 is 26.0 Å². The zero-order valence-electron chi connectivity index (χ0n) is 12.3. The van der Waals surface area contributed by atoms with Crippen molar-refractivity contribution in [1.82, 2.24) is 4.31 Å². The van der Waals surface area contributed by atoms with Crippen LogP contribution in [0.5, 0.6) is 0 Å². The largest absolute Gasteiger partial charge is 0.392 e. The van der Waals surface area contributed by atoms with Crippen molar-refractivity contribution in [3.05, 3.63) is 27.7 Å². The first-order chi connectivity index (χ1) is 9.96. The molecule has 1 aromatic carbocycles. The maximum absolute atomic E-state index is 12.9. The normalized spacial score (nSPS) is 18.2. The van der Waals surface area contributed by atoms with Crippen LogP contribution in [0.4, 0.5) is 0 Å². The van der Waals surface area contributed by atoms with Gasteiger partial charge in [-0.3, -0.25) is 0 Å². The van der Waals surface area contributed by atoms with Crippen molar-refractivity contribution in [3.63, 3.8) is 0 Å². The van der Waals surface area contributed by atoms with E-state index in [0.29, 0.717) is 23.1 Å². The monoisotopic (exact) mass is 375 g/mol. The first-order valence-corrected chi connectivity index (χ1v) is 9.60. The van der Waals surface area contributed by atoms with Gasteiger partial charge < -0.3 is 5.11 Å². The molecule has 118 valence electrons. The van der Waals surface area contributed by atoms with Gasteiger partial charge in [0, 0.05) is 17.6 Å². The highest BCUT2D eigenvalue weighted by Gasteiger charge is 2.27. The molecule has 1 aliphatic rings. The van der Waals surface area contributed by atoms with Crippen LogP contribution in [0.2, 0.25) is 0 Å². The molecule has 1 aromatic rings. The van der Waals surface area contributed by atoms with Gasteiger partial charge in [-0.05, 0) is 52.9 Å². The molecule has 2 rings (SSSR count). The van der Waals surface area contributed by atoms with E-state index in [-0.39, 0.29) is 11.5 Å². The molecule has 4 nitrogen and oxygen atoms in total. The topological polar surface area (TPSA) is 57.6 Å². The van der Waals surface area contributed by atoms with Crippen LogP contribution in [-0.4, -0.2) is 30.9 Å². The van der Waals surface area contributed by atoms with Crippen LogP contribution in [0, 0.1) is 6.92 Å². The number of hydrogen-bond donors (Lipinski definition) is 1. The number of hydrogen-bond acceptors (Lipinski definition) is 3. The Kier molecular flexibility index (Phi) is 5.82. The van der Waals surface area contributed by atoms with Crippen molar-refractivity contribution in [1.29, 1.82) is 0 Å². The third-order valence-electron chi connectivity index (χ3n) is 3.90. The second-order valence-corrected chi connectivity index (χ2v) is 8.25. The van der Waals surface area contributed by atoms with Gasteiger partial charge in [-0.2, -0.15) is 4.31 Å². The Bertz CT molecular complexity index is 593. The molecule has 1 saturated heterocycles. The Hall–Kier alpha value is -0.430. The first kappa shape index (κ1) is 16.9. The number of aryl methyl sites for hydroxylation is 1. The van der Waals surface area contributed by atoms with Crippen molar-refractivity contribution in [2.45, 2.75) is 50.5 Å². The molecule has 0 spiro atoms. The molecular weight excluding hydrogens is 354 g/mol. The molecule has 1 heterocycles. The van der Waals surface area contributed by atoms with E-state index in [4.69, 9.17) is 0 Å². The average molecular weight is 376 g/mol. The summed E-state index contributed by atoms with van der Waals surface area (Å²) >= 11 is 3.39. The summed E-state index contributed by atoms with van der Waals surface area (Å²) in [6, 6.07) is 3.38. The molecule has 0 radical (unpaired) electrons. The minimum Gasteiger partial charge on any atom is -0.392 e. The minimum atomic E-state index is -3.51. The Morgan fingerprint density at radius 3 is 2.29 bits per heavy atom. The third kappa shape index (κ3) is 3.86. The Balaban J connectivity index is 2.40. The fraction of sp³-hybridized carbons (Fsp3) is 0.600. The molecule has 0 saturated carbocycles. The summed E-state index contributed by atoms with van der Waals surface area (Å²) in [7, 11) is -3.51. The first-order valence-electron chi connectivity index (χ1n) is 7.37. The summed E-state index contributed by atoms with van der Waals surface area (Å²) in [4.78, 5) is 0.270. The third-order valence-corrected chi connectivity index (χ3v) is 7.13. The highest BCUT2D eigenvalue weighted by atomic mass is 79.9. The summed E-state index contributed by atoms with van der Waals surface area (Å²) in [6.45, 7) is 2.85. The fourth-order valence-corrected chi connectivity index (χ4v) is 5.23. The molecule has 0 amide bonds. The number of aliphatic hydroxyl groups excluding tert-OH is 1. The van der Waals surface area contributed by atoms with Gasteiger partial charge in [0.25, 0.3) is 0 Å². The molecule has 0 aliphatic carbocycles. The predicted molar refractivity (Wildman–Crippen MR) is 86.6 cm³/mol. The number of sulfonamides is 1.